The van der Waals surface area contributed by atoms with E-state index in [1.807, 2.05) is 25.4 Å². The Balaban J connectivity index is 2.17. The average Bonchev–Trinajstić information content (AvgIpc) is 2.37. The van der Waals surface area contributed by atoms with Crippen molar-refractivity contribution in [3.8, 4) is 0 Å². The quantitative estimate of drug-likeness (QED) is 0.934. The zero-order valence-electron chi connectivity index (χ0n) is 9.73. The zero-order chi connectivity index (χ0) is 12.1. The van der Waals surface area contributed by atoms with E-state index in [-0.39, 0.29) is 0 Å². The molecule has 0 radical (unpaired) electrons. The summed E-state index contributed by atoms with van der Waals surface area (Å²) in [5.41, 5.74) is 2.53. The first kappa shape index (κ1) is 12.3. The van der Waals surface area contributed by atoms with E-state index in [2.05, 4.69) is 50.5 Å². The lowest BCUT2D eigenvalue weighted by molar-refractivity contribution is 0.591. The third-order valence-corrected chi connectivity index (χ3v) is 3.26. The Labute approximate surface area is 110 Å². The minimum atomic E-state index is 0.316. The zero-order valence-corrected chi connectivity index (χ0v) is 11.3. The lowest BCUT2D eigenvalue weighted by Gasteiger charge is -2.16. The van der Waals surface area contributed by atoms with E-state index in [1.165, 1.54) is 11.1 Å². The number of nitrogens with zero attached hydrogens (tertiary/aromatic N) is 1. The van der Waals surface area contributed by atoms with Gasteiger partial charge in [0.05, 0.1) is 0 Å². The topological polar surface area (TPSA) is 24.9 Å². The van der Waals surface area contributed by atoms with Gasteiger partial charge >= 0.3 is 0 Å². The fourth-order valence-corrected chi connectivity index (χ4v) is 2.28. The molecule has 1 aromatic heterocycles. The summed E-state index contributed by atoms with van der Waals surface area (Å²) >= 11 is 3.50. The maximum Gasteiger partial charge on any atom is 0.0359 e. The number of aromatic nitrogens is 1. The molecule has 1 heterocycles. The number of hydrogen-bond donors (Lipinski definition) is 1. The molecule has 0 aliphatic carbocycles. The van der Waals surface area contributed by atoms with Crippen molar-refractivity contribution >= 4 is 15.9 Å². The van der Waals surface area contributed by atoms with Gasteiger partial charge in [0.2, 0.25) is 0 Å². The number of likely N-dealkylation sites (N-methyl/N-ethyl adjacent to an activating group) is 1. The van der Waals surface area contributed by atoms with Crippen LogP contribution >= 0.6 is 15.9 Å². The molecule has 0 bridgehead atoms. The lowest BCUT2D eigenvalue weighted by Crippen LogP contribution is -2.18. The second-order valence-corrected chi connectivity index (χ2v) is 4.88. The molecule has 2 rings (SSSR count). The maximum absolute atomic E-state index is 4.15. The van der Waals surface area contributed by atoms with Gasteiger partial charge in [-0.3, -0.25) is 4.98 Å². The van der Waals surface area contributed by atoms with Gasteiger partial charge in [0.25, 0.3) is 0 Å². The molecule has 0 saturated carbocycles. The van der Waals surface area contributed by atoms with Crippen LogP contribution in [0.2, 0.25) is 0 Å². The van der Waals surface area contributed by atoms with Crippen molar-refractivity contribution in [3.63, 3.8) is 0 Å². The summed E-state index contributed by atoms with van der Waals surface area (Å²) in [5, 5.41) is 3.35. The maximum atomic E-state index is 4.15. The number of nitrogens with one attached hydrogen (secondary N) is 1. The van der Waals surface area contributed by atoms with Gasteiger partial charge in [-0.15, -0.1) is 0 Å². The first-order chi connectivity index (χ1) is 8.29. The van der Waals surface area contributed by atoms with Crippen LogP contribution in [0, 0.1) is 0 Å². The number of pyridine rings is 1. The van der Waals surface area contributed by atoms with Gasteiger partial charge in [-0.1, -0.05) is 34.1 Å². The standard InChI is InChI=1S/C14H15BrN2/c1-16-14(8-11-4-3-7-17-10-11)12-5-2-6-13(15)9-12/h2-7,9-10,14,16H,8H2,1H3. The summed E-state index contributed by atoms with van der Waals surface area (Å²) < 4.78 is 1.11. The molecule has 0 spiro atoms. The molecule has 0 aliphatic rings. The van der Waals surface area contributed by atoms with Crippen LogP contribution < -0.4 is 5.32 Å². The van der Waals surface area contributed by atoms with E-state index in [4.69, 9.17) is 0 Å². The van der Waals surface area contributed by atoms with Crippen LogP contribution in [0.4, 0.5) is 0 Å². The molecule has 2 aromatic rings. The van der Waals surface area contributed by atoms with Crippen molar-refractivity contribution in [2.24, 2.45) is 0 Å². The number of halogens is 1. The first-order valence-corrected chi connectivity index (χ1v) is 6.40. The Morgan fingerprint density at radius 1 is 1.29 bits per heavy atom. The molecule has 0 aliphatic heterocycles. The third-order valence-electron chi connectivity index (χ3n) is 2.76. The predicted molar refractivity (Wildman–Crippen MR) is 73.9 cm³/mol. The normalized spacial score (nSPS) is 12.4. The fourth-order valence-electron chi connectivity index (χ4n) is 1.86. The molecule has 1 N–H and O–H groups in total. The fraction of sp³-hybridized carbons (Fsp3) is 0.214. The summed E-state index contributed by atoms with van der Waals surface area (Å²) in [6, 6.07) is 12.8. The Hall–Kier alpha value is -1.19. The average molecular weight is 291 g/mol. The highest BCUT2D eigenvalue weighted by molar-refractivity contribution is 9.10. The molecule has 0 amide bonds. The SMILES string of the molecule is CNC(Cc1cccnc1)c1cccc(Br)c1. The summed E-state index contributed by atoms with van der Waals surface area (Å²) in [4.78, 5) is 4.15. The number of hydrogen-bond acceptors (Lipinski definition) is 2. The first-order valence-electron chi connectivity index (χ1n) is 5.61. The monoisotopic (exact) mass is 290 g/mol. The van der Waals surface area contributed by atoms with Crippen LogP contribution in [0.15, 0.2) is 53.3 Å². The molecule has 2 nitrogen and oxygen atoms in total. The van der Waals surface area contributed by atoms with Crippen LogP contribution in [0.5, 0.6) is 0 Å². The highest BCUT2D eigenvalue weighted by Gasteiger charge is 2.10. The van der Waals surface area contributed by atoms with Crippen molar-refractivity contribution in [3.05, 3.63) is 64.4 Å². The van der Waals surface area contributed by atoms with Crippen LogP contribution in [0.3, 0.4) is 0 Å². The van der Waals surface area contributed by atoms with Gasteiger partial charge in [-0.05, 0) is 42.8 Å². The summed E-state index contributed by atoms with van der Waals surface area (Å²) in [6.45, 7) is 0. The Morgan fingerprint density at radius 2 is 2.18 bits per heavy atom. The minimum Gasteiger partial charge on any atom is -0.313 e. The molecule has 0 saturated heterocycles. The third kappa shape index (κ3) is 3.38. The van der Waals surface area contributed by atoms with Crippen LogP contribution in [0.25, 0.3) is 0 Å². The van der Waals surface area contributed by atoms with E-state index < -0.39 is 0 Å². The van der Waals surface area contributed by atoms with Gasteiger partial charge in [0, 0.05) is 22.9 Å². The molecule has 3 heteroatoms. The van der Waals surface area contributed by atoms with Gasteiger partial charge < -0.3 is 5.32 Å². The van der Waals surface area contributed by atoms with Gasteiger partial charge in [-0.2, -0.15) is 0 Å². The van der Waals surface area contributed by atoms with Crippen molar-refractivity contribution in [2.75, 3.05) is 7.05 Å². The molecular weight excluding hydrogens is 276 g/mol. The van der Waals surface area contributed by atoms with E-state index in [0.717, 1.165) is 10.9 Å². The Kier molecular flexibility index (Phi) is 4.29. The van der Waals surface area contributed by atoms with Crippen molar-refractivity contribution in [2.45, 2.75) is 12.5 Å². The highest BCUT2D eigenvalue weighted by Crippen LogP contribution is 2.21. The van der Waals surface area contributed by atoms with E-state index in [9.17, 15) is 0 Å². The Bertz CT molecular complexity index is 471. The summed E-state index contributed by atoms with van der Waals surface area (Å²) in [6.07, 6.45) is 4.67. The molecular formula is C14H15BrN2. The molecule has 1 unspecified atom stereocenters. The van der Waals surface area contributed by atoms with E-state index in [1.54, 1.807) is 6.20 Å². The Morgan fingerprint density at radius 3 is 2.82 bits per heavy atom. The lowest BCUT2D eigenvalue weighted by atomic mass is 10.0. The van der Waals surface area contributed by atoms with Gasteiger partial charge in [-0.25, -0.2) is 0 Å². The van der Waals surface area contributed by atoms with Crippen molar-refractivity contribution < 1.29 is 0 Å². The van der Waals surface area contributed by atoms with Crippen molar-refractivity contribution in [1.82, 2.24) is 10.3 Å². The molecule has 1 aromatic carbocycles. The number of benzene rings is 1. The second-order valence-electron chi connectivity index (χ2n) is 3.96. The van der Waals surface area contributed by atoms with Gasteiger partial charge in [0.1, 0.15) is 0 Å². The summed E-state index contributed by atoms with van der Waals surface area (Å²) in [7, 11) is 1.99. The van der Waals surface area contributed by atoms with Crippen LogP contribution in [0.1, 0.15) is 17.2 Å². The van der Waals surface area contributed by atoms with Crippen LogP contribution in [-0.4, -0.2) is 12.0 Å². The van der Waals surface area contributed by atoms with Gasteiger partial charge in [0.15, 0.2) is 0 Å². The smallest absolute Gasteiger partial charge is 0.0359 e. The van der Waals surface area contributed by atoms with Crippen LogP contribution in [-0.2, 0) is 6.42 Å². The largest absolute Gasteiger partial charge is 0.313 e. The summed E-state index contributed by atoms with van der Waals surface area (Å²) in [5.74, 6) is 0. The number of rotatable bonds is 4. The second kappa shape index (κ2) is 5.94. The van der Waals surface area contributed by atoms with Crippen molar-refractivity contribution in [1.29, 1.82) is 0 Å². The van der Waals surface area contributed by atoms with E-state index in [0.29, 0.717) is 6.04 Å². The van der Waals surface area contributed by atoms with E-state index >= 15 is 0 Å². The minimum absolute atomic E-state index is 0.316. The predicted octanol–water partition coefficient (Wildman–Crippen LogP) is 3.35. The highest BCUT2D eigenvalue weighted by atomic mass is 79.9. The molecule has 17 heavy (non-hydrogen) atoms. The molecule has 88 valence electrons. The molecule has 1 atom stereocenters. The molecule has 0 fully saturated rings.